The van der Waals surface area contributed by atoms with E-state index in [1.165, 1.54) is 25.7 Å². The summed E-state index contributed by atoms with van der Waals surface area (Å²) >= 11 is 0. The quantitative estimate of drug-likeness (QED) is 0.793. The van der Waals surface area contributed by atoms with Crippen molar-refractivity contribution in [1.29, 1.82) is 0 Å². The van der Waals surface area contributed by atoms with Crippen molar-refractivity contribution in [1.82, 2.24) is 14.8 Å². The highest BCUT2D eigenvalue weighted by molar-refractivity contribution is 4.87. The van der Waals surface area contributed by atoms with Crippen LogP contribution in [0.4, 0.5) is 0 Å². The standard InChI is InChI=1S/C10H18N4/c1-8(11)10-12-7-14(13-10)6-9-4-2-3-5-9/h7-9H,2-6,11H2,1H3. The topological polar surface area (TPSA) is 56.7 Å². The molecule has 1 atom stereocenters. The van der Waals surface area contributed by atoms with Gasteiger partial charge in [0.2, 0.25) is 0 Å². The van der Waals surface area contributed by atoms with Crippen molar-refractivity contribution < 1.29 is 0 Å². The van der Waals surface area contributed by atoms with E-state index < -0.39 is 0 Å². The highest BCUT2D eigenvalue weighted by atomic mass is 15.3. The Morgan fingerprint density at radius 3 is 2.86 bits per heavy atom. The van der Waals surface area contributed by atoms with E-state index in [0.29, 0.717) is 0 Å². The minimum Gasteiger partial charge on any atom is -0.321 e. The molecule has 1 aliphatic carbocycles. The van der Waals surface area contributed by atoms with Gasteiger partial charge in [-0.25, -0.2) is 4.98 Å². The molecule has 4 nitrogen and oxygen atoms in total. The van der Waals surface area contributed by atoms with Crippen LogP contribution in [-0.4, -0.2) is 14.8 Å². The van der Waals surface area contributed by atoms with Crippen LogP contribution in [0.25, 0.3) is 0 Å². The zero-order valence-electron chi connectivity index (χ0n) is 8.69. The maximum atomic E-state index is 5.70. The molecule has 14 heavy (non-hydrogen) atoms. The van der Waals surface area contributed by atoms with Crippen LogP contribution in [0.2, 0.25) is 0 Å². The van der Waals surface area contributed by atoms with Crippen molar-refractivity contribution in [3.63, 3.8) is 0 Å². The molecule has 2 rings (SSSR count). The second-order valence-corrected chi connectivity index (χ2v) is 4.26. The zero-order valence-corrected chi connectivity index (χ0v) is 8.69. The van der Waals surface area contributed by atoms with Crippen LogP contribution in [0.15, 0.2) is 6.33 Å². The van der Waals surface area contributed by atoms with Gasteiger partial charge in [-0.1, -0.05) is 12.8 Å². The summed E-state index contributed by atoms with van der Waals surface area (Å²) in [6.45, 7) is 2.93. The molecule has 1 heterocycles. The summed E-state index contributed by atoms with van der Waals surface area (Å²) in [6.07, 6.45) is 7.23. The van der Waals surface area contributed by atoms with Gasteiger partial charge in [0.25, 0.3) is 0 Å². The Hall–Kier alpha value is -0.900. The zero-order chi connectivity index (χ0) is 9.97. The Bertz CT molecular complexity index is 286. The van der Waals surface area contributed by atoms with Crippen molar-refractivity contribution in [3.05, 3.63) is 12.2 Å². The van der Waals surface area contributed by atoms with E-state index in [2.05, 4.69) is 10.1 Å². The lowest BCUT2D eigenvalue weighted by Gasteiger charge is -2.07. The molecule has 1 aromatic heterocycles. The van der Waals surface area contributed by atoms with Crippen LogP contribution in [0.5, 0.6) is 0 Å². The van der Waals surface area contributed by atoms with Crippen LogP contribution in [-0.2, 0) is 6.54 Å². The van der Waals surface area contributed by atoms with Crippen LogP contribution in [0, 0.1) is 5.92 Å². The molecule has 0 radical (unpaired) electrons. The van der Waals surface area contributed by atoms with Crippen molar-refractivity contribution >= 4 is 0 Å². The van der Waals surface area contributed by atoms with Gasteiger partial charge in [-0.2, -0.15) is 5.10 Å². The van der Waals surface area contributed by atoms with Gasteiger partial charge in [-0.15, -0.1) is 0 Å². The van der Waals surface area contributed by atoms with Gasteiger partial charge < -0.3 is 5.73 Å². The van der Waals surface area contributed by atoms with E-state index >= 15 is 0 Å². The molecule has 0 aromatic carbocycles. The third-order valence-electron chi connectivity index (χ3n) is 2.88. The van der Waals surface area contributed by atoms with Gasteiger partial charge in [0, 0.05) is 6.54 Å². The molecular weight excluding hydrogens is 176 g/mol. The van der Waals surface area contributed by atoms with Crippen molar-refractivity contribution in [2.24, 2.45) is 11.7 Å². The number of hydrogen-bond acceptors (Lipinski definition) is 3. The van der Waals surface area contributed by atoms with Crippen LogP contribution >= 0.6 is 0 Å². The minimum absolute atomic E-state index is 0.0557. The highest BCUT2D eigenvalue weighted by Gasteiger charge is 2.16. The Kier molecular flexibility index (Phi) is 2.82. The van der Waals surface area contributed by atoms with Gasteiger partial charge in [0.05, 0.1) is 6.04 Å². The number of nitrogens with two attached hydrogens (primary N) is 1. The third kappa shape index (κ3) is 2.12. The van der Waals surface area contributed by atoms with E-state index in [1.807, 2.05) is 11.6 Å². The summed E-state index contributed by atoms with van der Waals surface area (Å²) in [7, 11) is 0. The lowest BCUT2D eigenvalue weighted by atomic mass is 10.1. The molecule has 4 heteroatoms. The van der Waals surface area contributed by atoms with E-state index in [0.717, 1.165) is 18.3 Å². The largest absolute Gasteiger partial charge is 0.321 e. The molecular formula is C10H18N4. The van der Waals surface area contributed by atoms with E-state index in [1.54, 1.807) is 6.33 Å². The number of hydrogen-bond donors (Lipinski definition) is 1. The Morgan fingerprint density at radius 1 is 1.57 bits per heavy atom. The first-order chi connectivity index (χ1) is 6.75. The summed E-state index contributed by atoms with van der Waals surface area (Å²) in [6, 6.07) is -0.0557. The fourth-order valence-corrected chi connectivity index (χ4v) is 2.06. The van der Waals surface area contributed by atoms with Crippen molar-refractivity contribution in [2.45, 2.75) is 45.2 Å². The molecule has 2 N–H and O–H groups in total. The smallest absolute Gasteiger partial charge is 0.166 e. The van der Waals surface area contributed by atoms with E-state index in [4.69, 9.17) is 5.73 Å². The maximum absolute atomic E-state index is 5.70. The Labute approximate surface area is 84.5 Å². The first-order valence-corrected chi connectivity index (χ1v) is 5.40. The number of nitrogens with zero attached hydrogens (tertiary/aromatic N) is 3. The summed E-state index contributed by atoms with van der Waals surface area (Å²) < 4.78 is 1.94. The fourth-order valence-electron chi connectivity index (χ4n) is 2.06. The second-order valence-electron chi connectivity index (χ2n) is 4.26. The van der Waals surface area contributed by atoms with Gasteiger partial charge in [0.15, 0.2) is 5.82 Å². The minimum atomic E-state index is -0.0557. The SMILES string of the molecule is CC(N)c1ncn(CC2CCCC2)n1. The first kappa shape index (κ1) is 9.65. The predicted molar refractivity (Wildman–Crippen MR) is 54.6 cm³/mol. The van der Waals surface area contributed by atoms with Gasteiger partial charge >= 0.3 is 0 Å². The molecule has 1 unspecified atom stereocenters. The van der Waals surface area contributed by atoms with E-state index in [9.17, 15) is 0 Å². The molecule has 0 aliphatic heterocycles. The molecule has 0 saturated heterocycles. The Morgan fingerprint density at radius 2 is 2.29 bits per heavy atom. The predicted octanol–water partition coefficient (Wildman–Crippen LogP) is 1.49. The van der Waals surface area contributed by atoms with Crippen LogP contribution in [0.3, 0.4) is 0 Å². The molecule has 1 aliphatic rings. The normalized spacial score (nSPS) is 20.1. The van der Waals surface area contributed by atoms with Gasteiger partial charge in [0.1, 0.15) is 6.33 Å². The fraction of sp³-hybridized carbons (Fsp3) is 0.800. The lowest BCUT2D eigenvalue weighted by molar-refractivity contribution is 0.425. The third-order valence-corrected chi connectivity index (χ3v) is 2.88. The van der Waals surface area contributed by atoms with Crippen molar-refractivity contribution in [3.8, 4) is 0 Å². The summed E-state index contributed by atoms with van der Waals surface area (Å²) in [5.41, 5.74) is 5.70. The lowest BCUT2D eigenvalue weighted by Crippen LogP contribution is -2.11. The molecule has 0 spiro atoms. The summed E-state index contributed by atoms with van der Waals surface area (Å²) in [5.74, 6) is 1.56. The average molecular weight is 194 g/mol. The van der Waals surface area contributed by atoms with Crippen LogP contribution < -0.4 is 5.73 Å². The summed E-state index contributed by atoms with van der Waals surface area (Å²) in [5, 5.41) is 4.35. The molecule has 1 fully saturated rings. The Balaban J connectivity index is 1.95. The average Bonchev–Trinajstić information content (AvgIpc) is 2.75. The summed E-state index contributed by atoms with van der Waals surface area (Å²) in [4.78, 5) is 4.18. The number of rotatable bonds is 3. The monoisotopic (exact) mass is 194 g/mol. The molecule has 0 bridgehead atoms. The van der Waals surface area contributed by atoms with E-state index in [-0.39, 0.29) is 6.04 Å². The number of aromatic nitrogens is 3. The molecule has 78 valence electrons. The highest BCUT2D eigenvalue weighted by Crippen LogP contribution is 2.25. The molecule has 1 saturated carbocycles. The van der Waals surface area contributed by atoms with Gasteiger partial charge in [-0.05, 0) is 25.7 Å². The maximum Gasteiger partial charge on any atom is 0.166 e. The second kappa shape index (κ2) is 4.09. The van der Waals surface area contributed by atoms with Crippen LogP contribution in [0.1, 0.15) is 44.5 Å². The van der Waals surface area contributed by atoms with Crippen molar-refractivity contribution in [2.75, 3.05) is 0 Å². The molecule has 0 amide bonds. The first-order valence-electron chi connectivity index (χ1n) is 5.40. The van der Waals surface area contributed by atoms with Gasteiger partial charge in [-0.3, -0.25) is 4.68 Å². The molecule has 1 aromatic rings.